The van der Waals surface area contributed by atoms with Gasteiger partial charge in [-0.25, -0.2) is 0 Å². The number of benzene rings is 6. The predicted octanol–water partition coefficient (Wildman–Crippen LogP) is 8.43. The Hall–Kier alpha value is -6.74. The molecule has 0 unspecified atom stereocenters. The summed E-state index contributed by atoms with van der Waals surface area (Å²) in [6, 6.07) is 36.9. The quantitative estimate of drug-likeness (QED) is 0.107. The second-order valence-corrected chi connectivity index (χ2v) is 11.7. The van der Waals surface area contributed by atoms with Crippen LogP contribution in [0.3, 0.4) is 0 Å². The Labute approximate surface area is 272 Å². The lowest BCUT2D eigenvalue weighted by molar-refractivity contribution is -0.385. The van der Waals surface area contributed by atoms with Gasteiger partial charge in [0.2, 0.25) is 0 Å². The van der Waals surface area contributed by atoms with Crippen molar-refractivity contribution in [1.82, 2.24) is 4.57 Å². The van der Waals surface area contributed by atoms with E-state index in [1.54, 1.807) is 24.3 Å². The van der Waals surface area contributed by atoms with Crippen LogP contribution < -0.4 is 5.43 Å². The Morgan fingerprint density at radius 2 is 1.06 bits per heavy atom. The molecule has 1 heterocycles. The van der Waals surface area contributed by atoms with E-state index in [1.165, 1.54) is 24.3 Å². The van der Waals surface area contributed by atoms with Crippen molar-refractivity contribution in [2.24, 2.45) is 0 Å². The van der Waals surface area contributed by atoms with E-state index >= 15 is 0 Å². The molecule has 8 rings (SSSR count). The number of nitrogens with zero attached hydrogens (tertiary/aromatic N) is 3. The molecular formula is C39H23N3O6. The average molecular weight is 630 g/mol. The molecule has 1 aliphatic rings. The van der Waals surface area contributed by atoms with Gasteiger partial charge in [-0.3, -0.25) is 29.8 Å². The van der Waals surface area contributed by atoms with Crippen molar-refractivity contribution in [3.63, 3.8) is 0 Å². The highest BCUT2D eigenvalue weighted by Crippen LogP contribution is 2.35. The Morgan fingerprint density at radius 3 is 1.69 bits per heavy atom. The highest BCUT2D eigenvalue weighted by atomic mass is 16.6. The fourth-order valence-electron chi connectivity index (χ4n) is 6.60. The minimum absolute atomic E-state index is 0.00634. The molecular weight excluding hydrogens is 606 g/mol. The molecule has 0 saturated heterocycles. The van der Waals surface area contributed by atoms with Gasteiger partial charge in [-0.05, 0) is 107 Å². The monoisotopic (exact) mass is 629 g/mol. The Morgan fingerprint density at radius 1 is 0.521 bits per heavy atom. The van der Waals surface area contributed by atoms with E-state index < -0.39 is 9.85 Å². The van der Waals surface area contributed by atoms with Crippen molar-refractivity contribution in [1.29, 1.82) is 0 Å². The number of hydrogen-bond donors (Lipinski definition) is 0. The molecule has 230 valence electrons. The Bertz CT molecular complexity index is 2560. The lowest BCUT2D eigenvalue weighted by Crippen LogP contribution is -2.18. The SMILES string of the molecule is O=C1c2cc(-c3ccc([N+](=O)[O-])cc3)ccc2Cc2cc3c(=O)c4cc(-c5ccc([N+](=O)[O-])cc5)ccc4n(-c4ccccc4)c3cc21. The zero-order chi connectivity index (χ0) is 33.1. The molecule has 0 atom stereocenters. The first-order valence-electron chi connectivity index (χ1n) is 15.1. The summed E-state index contributed by atoms with van der Waals surface area (Å²) in [6.07, 6.45) is 0.457. The van der Waals surface area contributed by atoms with Gasteiger partial charge in [0, 0.05) is 51.9 Å². The molecule has 9 heteroatoms. The number of hydrogen-bond acceptors (Lipinski definition) is 6. The molecule has 48 heavy (non-hydrogen) atoms. The van der Waals surface area contributed by atoms with Gasteiger partial charge in [0.05, 0.1) is 20.9 Å². The molecule has 6 aromatic carbocycles. The van der Waals surface area contributed by atoms with E-state index in [0.717, 1.165) is 39.1 Å². The number of para-hydroxylation sites is 1. The van der Waals surface area contributed by atoms with Crippen LogP contribution in [0.1, 0.15) is 27.0 Å². The second-order valence-electron chi connectivity index (χ2n) is 11.7. The molecule has 7 aromatic rings. The van der Waals surface area contributed by atoms with Crippen LogP contribution in [-0.2, 0) is 6.42 Å². The number of pyridine rings is 1. The van der Waals surface area contributed by atoms with Crippen LogP contribution in [0.2, 0.25) is 0 Å². The molecule has 9 nitrogen and oxygen atoms in total. The summed E-state index contributed by atoms with van der Waals surface area (Å²) in [7, 11) is 0. The third-order valence-electron chi connectivity index (χ3n) is 9.01. The number of rotatable bonds is 5. The first kappa shape index (κ1) is 28.7. The molecule has 0 spiro atoms. The summed E-state index contributed by atoms with van der Waals surface area (Å²) in [5.41, 5.74) is 7.58. The summed E-state index contributed by atoms with van der Waals surface area (Å²) in [5.74, 6) is -0.155. The Balaban J connectivity index is 1.30. The van der Waals surface area contributed by atoms with Gasteiger partial charge in [0.1, 0.15) is 0 Å². The number of carbonyl (C=O) groups excluding carboxylic acids is 1. The molecule has 0 amide bonds. The average Bonchev–Trinajstić information content (AvgIpc) is 3.12. The van der Waals surface area contributed by atoms with Crippen LogP contribution in [0.5, 0.6) is 0 Å². The standard InChI is InChI=1S/C39H23N3O6/c43-38-32-19-25(23-8-13-30(14-9-23)41(45)46)6-7-27(32)18-28-21-35-37(22-33(28)38)40(29-4-2-1-3-5-29)36-17-12-26(20-34(36)39(35)44)24-10-15-31(16-11-24)42(47)48/h1-17,19-22H,18H2. The number of ketones is 1. The summed E-state index contributed by atoms with van der Waals surface area (Å²) in [4.78, 5) is 49.8. The maximum Gasteiger partial charge on any atom is 0.269 e. The van der Waals surface area contributed by atoms with E-state index in [4.69, 9.17) is 0 Å². The van der Waals surface area contributed by atoms with Gasteiger partial charge in [-0.1, -0.05) is 36.4 Å². The lowest BCUT2D eigenvalue weighted by atomic mass is 9.82. The van der Waals surface area contributed by atoms with Crippen LogP contribution in [0.4, 0.5) is 11.4 Å². The summed E-state index contributed by atoms with van der Waals surface area (Å²) in [5, 5.41) is 23.3. The van der Waals surface area contributed by atoms with Crippen LogP contribution in [0.15, 0.2) is 132 Å². The molecule has 0 fully saturated rings. The first-order valence-corrected chi connectivity index (χ1v) is 15.1. The van der Waals surface area contributed by atoms with Crippen molar-refractivity contribution in [2.75, 3.05) is 0 Å². The third kappa shape index (κ3) is 4.64. The normalized spacial score (nSPS) is 12.1. The van der Waals surface area contributed by atoms with Crippen molar-refractivity contribution in [3.8, 4) is 27.9 Å². The summed E-state index contributed by atoms with van der Waals surface area (Å²) >= 11 is 0. The van der Waals surface area contributed by atoms with Crippen LogP contribution in [0.25, 0.3) is 49.7 Å². The van der Waals surface area contributed by atoms with Gasteiger partial charge >= 0.3 is 0 Å². The summed E-state index contributed by atoms with van der Waals surface area (Å²) < 4.78 is 1.99. The van der Waals surface area contributed by atoms with Crippen molar-refractivity contribution >= 4 is 39.0 Å². The molecule has 0 saturated carbocycles. The maximum absolute atomic E-state index is 14.2. The smallest absolute Gasteiger partial charge is 0.269 e. The zero-order valence-corrected chi connectivity index (χ0v) is 25.1. The number of nitro groups is 2. The van der Waals surface area contributed by atoms with Gasteiger partial charge < -0.3 is 4.57 Å². The van der Waals surface area contributed by atoms with Crippen LogP contribution in [0, 0.1) is 20.2 Å². The minimum Gasteiger partial charge on any atom is -0.309 e. The maximum atomic E-state index is 14.2. The van der Waals surface area contributed by atoms with E-state index in [1.807, 2.05) is 83.4 Å². The zero-order valence-electron chi connectivity index (χ0n) is 25.1. The van der Waals surface area contributed by atoms with Crippen LogP contribution in [-0.4, -0.2) is 20.2 Å². The van der Waals surface area contributed by atoms with Gasteiger partial charge in [-0.2, -0.15) is 0 Å². The lowest BCUT2D eigenvalue weighted by Gasteiger charge is -2.22. The van der Waals surface area contributed by atoms with E-state index in [-0.39, 0.29) is 22.6 Å². The molecule has 0 aliphatic heterocycles. The van der Waals surface area contributed by atoms with E-state index in [9.17, 15) is 29.8 Å². The highest BCUT2D eigenvalue weighted by molar-refractivity contribution is 6.15. The van der Waals surface area contributed by atoms with E-state index in [0.29, 0.717) is 39.4 Å². The Kier molecular flexibility index (Phi) is 6.55. The van der Waals surface area contributed by atoms with Crippen LogP contribution >= 0.6 is 0 Å². The van der Waals surface area contributed by atoms with Gasteiger partial charge in [0.25, 0.3) is 11.4 Å². The topological polar surface area (TPSA) is 125 Å². The van der Waals surface area contributed by atoms with Crippen molar-refractivity contribution in [2.45, 2.75) is 6.42 Å². The highest BCUT2D eigenvalue weighted by Gasteiger charge is 2.26. The fourth-order valence-corrected chi connectivity index (χ4v) is 6.60. The third-order valence-corrected chi connectivity index (χ3v) is 9.01. The second kappa shape index (κ2) is 11.0. The number of carbonyl (C=O) groups is 1. The summed E-state index contributed by atoms with van der Waals surface area (Å²) in [6.45, 7) is 0. The molecule has 0 N–H and O–H groups in total. The van der Waals surface area contributed by atoms with Gasteiger partial charge in [0.15, 0.2) is 11.2 Å². The number of fused-ring (bicyclic) bond motifs is 4. The van der Waals surface area contributed by atoms with E-state index in [2.05, 4.69) is 0 Å². The number of nitro benzene ring substituents is 2. The molecule has 0 bridgehead atoms. The predicted molar refractivity (Wildman–Crippen MR) is 184 cm³/mol. The fraction of sp³-hybridized carbons (Fsp3) is 0.0256. The van der Waals surface area contributed by atoms with Gasteiger partial charge in [-0.15, -0.1) is 0 Å². The molecule has 0 radical (unpaired) electrons. The van der Waals surface area contributed by atoms with Crippen molar-refractivity contribution in [3.05, 3.63) is 180 Å². The first-order chi connectivity index (χ1) is 23.3. The minimum atomic E-state index is -0.448. The molecule has 1 aromatic heterocycles. The number of aromatic nitrogens is 1. The van der Waals surface area contributed by atoms with Crippen molar-refractivity contribution < 1.29 is 14.6 Å². The number of non-ortho nitro benzene ring substituents is 2. The molecule has 1 aliphatic carbocycles. The largest absolute Gasteiger partial charge is 0.309 e.